The topological polar surface area (TPSA) is 33.1 Å². The molecule has 1 atom stereocenters. The SMILES string of the molecule is CC(C)N(CCc1cnn(C)c1)CC1CCCN1. The molecule has 0 spiro atoms. The van der Waals surface area contributed by atoms with Crippen LogP contribution < -0.4 is 5.32 Å². The van der Waals surface area contributed by atoms with Gasteiger partial charge in [0.25, 0.3) is 0 Å². The molecular weight excluding hydrogens is 224 g/mol. The zero-order valence-corrected chi connectivity index (χ0v) is 11.9. The average Bonchev–Trinajstić information content (AvgIpc) is 2.95. The van der Waals surface area contributed by atoms with E-state index in [2.05, 4.69) is 35.4 Å². The summed E-state index contributed by atoms with van der Waals surface area (Å²) in [5, 5.41) is 7.81. The van der Waals surface area contributed by atoms with E-state index in [-0.39, 0.29) is 0 Å². The molecule has 0 radical (unpaired) electrons. The first-order valence-corrected chi connectivity index (χ1v) is 7.10. The molecule has 1 N–H and O–H groups in total. The highest BCUT2D eigenvalue weighted by molar-refractivity contribution is 5.04. The van der Waals surface area contributed by atoms with Crippen molar-refractivity contribution in [3.8, 4) is 0 Å². The van der Waals surface area contributed by atoms with Crippen LogP contribution in [0.15, 0.2) is 12.4 Å². The van der Waals surface area contributed by atoms with Crippen LogP contribution in [0.4, 0.5) is 0 Å². The van der Waals surface area contributed by atoms with E-state index >= 15 is 0 Å². The van der Waals surface area contributed by atoms with Gasteiger partial charge in [-0.1, -0.05) is 0 Å². The second-order valence-corrected chi connectivity index (χ2v) is 5.65. The van der Waals surface area contributed by atoms with E-state index in [9.17, 15) is 0 Å². The molecular formula is C14H26N4. The third-order valence-corrected chi connectivity index (χ3v) is 3.79. The van der Waals surface area contributed by atoms with Crippen molar-refractivity contribution < 1.29 is 0 Å². The van der Waals surface area contributed by atoms with Gasteiger partial charge in [0.1, 0.15) is 0 Å². The first-order chi connectivity index (χ1) is 8.65. The van der Waals surface area contributed by atoms with E-state index in [1.165, 1.54) is 31.5 Å². The third kappa shape index (κ3) is 3.82. The van der Waals surface area contributed by atoms with Gasteiger partial charge in [0.05, 0.1) is 6.20 Å². The molecule has 0 aliphatic carbocycles. The number of hydrogen-bond donors (Lipinski definition) is 1. The maximum absolute atomic E-state index is 4.23. The highest BCUT2D eigenvalue weighted by Gasteiger charge is 2.19. The van der Waals surface area contributed by atoms with Gasteiger partial charge in [-0.15, -0.1) is 0 Å². The Bertz CT molecular complexity index is 352. The Kier molecular flexibility index (Phi) is 4.78. The zero-order chi connectivity index (χ0) is 13.0. The van der Waals surface area contributed by atoms with Crippen LogP contribution in [-0.4, -0.2) is 46.4 Å². The summed E-state index contributed by atoms with van der Waals surface area (Å²) in [4.78, 5) is 2.58. The minimum atomic E-state index is 0.615. The number of rotatable bonds is 6. The summed E-state index contributed by atoms with van der Waals surface area (Å²) in [5.41, 5.74) is 1.34. The summed E-state index contributed by atoms with van der Waals surface area (Å²) in [6.45, 7) is 8.08. The van der Waals surface area contributed by atoms with Gasteiger partial charge >= 0.3 is 0 Å². The predicted octanol–water partition coefficient (Wildman–Crippen LogP) is 1.42. The lowest BCUT2D eigenvalue weighted by atomic mass is 10.1. The Morgan fingerprint density at radius 2 is 2.39 bits per heavy atom. The van der Waals surface area contributed by atoms with Crippen molar-refractivity contribution in [1.29, 1.82) is 0 Å². The first kappa shape index (κ1) is 13.6. The van der Waals surface area contributed by atoms with Crippen LogP contribution in [0.1, 0.15) is 32.3 Å². The summed E-state index contributed by atoms with van der Waals surface area (Å²) in [6, 6.07) is 1.31. The maximum atomic E-state index is 4.23. The molecule has 0 saturated carbocycles. The average molecular weight is 250 g/mol. The van der Waals surface area contributed by atoms with Crippen molar-refractivity contribution in [1.82, 2.24) is 20.0 Å². The molecule has 1 fully saturated rings. The Balaban J connectivity index is 1.82. The molecule has 2 rings (SSSR count). The Morgan fingerprint density at radius 1 is 1.56 bits per heavy atom. The van der Waals surface area contributed by atoms with Crippen LogP contribution in [0, 0.1) is 0 Å². The molecule has 4 nitrogen and oxygen atoms in total. The van der Waals surface area contributed by atoms with Crippen molar-refractivity contribution in [3.05, 3.63) is 18.0 Å². The van der Waals surface area contributed by atoms with Crippen LogP contribution >= 0.6 is 0 Å². The van der Waals surface area contributed by atoms with E-state index in [4.69, 9.17) is 0 Å². The normalized spacial score (nSPS) is 20.2. The molecule has 1 aromatic rings. The summed E-state index contributed by atoms with van der Waals surface area (Å²) in [5.74, 6) is 0. The van der Waals surface area contributed by atoms with Crippen LogP contribution in [0.5, 0.6) is 0 Å². The van der Waals surface area contributed by atoms with Crippen LogP contribution in [0.2, 0.25) is 0 Å². The van der Waals surface area contributed by atoms with Crippen molar-refractivity contribution in [2.75, 3.05) is 19.6 Å². The lowest BCUT2D eigenvalue weighted by Gasteiger charge is -2.29. The number of nitrogens with one attached hydrogen (secondary N) is 1. The minimum Gasteiger partial charge on any atom is -0.313 e. The van der Waals surface area contributed by atoms with Crippen molar-refractivity contribution in [2.24, 2.45) is 7.05 Å². The van der Waals surface area contributed by atoms with Gasteiger partial charge < -0.3 is 5.32 Å². The molecule has 0 amide bonds. The van der Waals surface area contributed by atoms with Gasteiger partial charge in [0, 0.05) is 38.4 Å². The summed E-state index contributed by atoms with van der Waals surface area (Å²) in [7, 11) is 1.98. The molecule has 1 saturated heterocycles. The van der Waals surface area contributed by atoms with E-state index in [1.54, 1.807) is 0 Å². The molecule has 1 unspecified atom stereocenters. The van der Waals surface area contributed by atoms with Crippen LogP contribution in [-0.2, 0) is 13.5 Å². The van der Waals surface area contributed by atoms with E-state index in [0.29, 0.717) is 12.1 Å². The van der Waals surface area contributed by atoms with Gasteiger partial charge in [0.2, 0.25) is 0 Å². The van der Waals surface area contributed by atoms with Crippen molar-refractivity contribution >= 4 is 0 Å². The number of nitrogens with zero attached hydrogens (tertiary/aromatic N) is 3. The zero-order valence-electron chi connectivity index (χ0n) is 11.9. The summed E-state index contributed by atoms with van der Waals surface area (Å²) < 4.78 is 1.88. The molecule has 102 valence electrons. The molecule has 0 bridgehead atoms. The smallest absolute Gasteiger partial charge is 0.0522 e. The highest BCUT2D eigenvalue weighted by atomic mass is 15.2. The first-order valence-electron chi connectivity index (χ1n) is 7.10. The van der Waals surface area contributed by atoms with Crippen LogP contribution in [0.25, 0.3) is 0 Å². The fourth-order valence-electron chi connectivity index (χ4n) is 2.63. The summed E-state index contributed by atoms with van der Waals surface area (Å²) >= 11 is 0. The quantitative estimate of drug-likeness (QED) is 0.829. The second kappa shape index (κ2) is 6.34. The largest absolute Gasteiger partial charge is 0.313 e. The number of aryl methyl sites for hydroxylation is 1. The Morgan fingerprint density at radius 3 is 2.94 bits per heavy atom. The molecule has 0 aromatic carbocycles. The summed E-state index contributed by atoms with van der Waals surface area (Å²) in [6.07, 6.45) is 7.85. The standard InChI is InChI=1S/C14H26N4/c1-12(2)18(11-14-5-4-7-15-14)8-6-13-9-16-17(3)10-13/h9-10,12,14-15H,4-8,11H2,1-3H3. The van der Waals surface area contributed by atoms with Crippen molar-refractivity contribution in [2.45, 2.75) is 45.2 Å². The lowest BCUT2D eigenvalue weighted by molar-refractivity contribution is 0.205. The molecule has 4 heteroatoms. The van der Waals surface area contributed by atoms with E-state index < -0.39 is 0 Å². The molecule has 18 heavy (non-hydrogen) atoms. The monoisotopic (exact) mass is 250 g/mol. The van der Waals surface area contributed by atoms with Gasteiger partial charge in [-0.25, -0.2) is 0 Å². The highest BCUT2D eigenvalue weighted by Crippen LogP contribution is 2.10. The number of aromatic nitrogens is 2. The Labute approximate surface area is 110 Å². The maximum Gasteiger partial charge on any atom is 0.0522 e. The van der Waals surface area contributed by atoms with E-state index in [1.807, 2.05) is 17.9 Å². The predicted molar refractivity (Wildman–Crippen MR) is 74.6 cm³/mol. The lowest BCUT2D eigenvalue weighted by Crippen LogP contribution is -2.42. The van der Waals surface area contributed by atoms with Gasteiger partial charge in [0.15, 0.2) is 0 Å². The molecule has 1 aromatic heterocycles. The van der Waals surface area contributed by atoms with Gasteiger partial charge in [-0.05, 0) is 45.2 Å². The van der Waals surface area contributed by atoms with Gasteiger partial charge in [-0.2, -0.15) is 5.10 Å². The Hall–Kier alpha value is -0.870. The van der Waals surface area contributed by atoms with Crippen LogP contribution in [0.3, 0.4) is 0 Å². The fourth-order valence-corrected chi connectivity index (χ4v) is 2.63. The second-order valence-electron chi connectivity index (χ2n) is 5.65. The third-order valence-electron chi connectivity index (χ3n) is 3.79. The molecule has 1 aliphatic rings. The molecule has 2 heterocycles. The molecule has 1 aliphatic heterocycles. The fraction of sp³-hybridized carbons (Fsp3) is 0.786. The van der Waals surface area contributed by atoms with E-state index in [0.717, 1.165) is 13.0 Å². The van der Waals surface area contributed by atoms with Crippen molar-refractivity contribution in [3.63, 3.8) is 0 Å². The number of hydrogen-bond acceptors (Lipinski definition) is 3. The minimum absolute atomic E-state index is 0.615. The van der Waals surface area contributed by atoms with Gasteiger partial charge in [-0.3, -0.25) is 9.58 Å².